The van der Waals surface area contributed by atoms with Gasteiger partial charge < -0.3 is 10.2 Å². The van der Waals surface area contributed by atoms with Crippen LogP contribution in [0.4, 0.5) is 11.6 Å². The van der Waals surface area contributed by atoms with Gasteiger partial charge in [-0.2, -0.15) is 0 Å². The van der Waals surface area contributed by atoms with Crippen molar-refractivity contribution in [3.63, 3.8) is 0 Å². The number of anilines is 2. The highest BCUT2D eigenvalue weighted by molar-refractivity contribution is 5.92. The molecule has 3 rings (SSSR count). The first-order chi connectivity index (χ1) is 11.7. The largest absolute Gasteiger partial charge is 0.341 e. The van der Waals surface area contributed by atoms with Crippen LogP contribution in [0.25, 0.3) is 0 Å². The van der Waals surface area contributed by atoms with E-state index >= 15 is 0 Å². The monoisotopic (exact) mass is 324 g/mol. The van der Waals surface area contributed by atoms with Crippen molar-refractivity contribution in [2.45, 2.75) is 33.1 Å². The number of amides is 1. The Labute approximate surface area is 143 Å². The quantitative estimate of drug-likeness (QED) is 0.938. The van der Waals surface area contributed by atoms with Gasteiger partial charge >= 0.3 is 0 Å². The summed E-state index contributed by atoms with van der Waals surface area (Å²) in [6.45, 7) is 5.72. The maximum Gasteiger partial charge on any atom is 0.227 e. The van der Waals surface area contributed by atoms with E-state index in [-0.39, 0.29) is 11.8 Å². The summed E-state index contributed by atoms with van der Waals surface area (Å²) in [5.41, 5.74) is 3.10. The van der Waals surface area contributed by atoms with Crippen LogP contribution in [0.2, 0.25) is 0 Å². The zero-order valence-corrected chi connectivity index (χ0v) is 14.3. The highest BCUT2D eigenvalue weighted by Crippen LogP contribution is 2.22. The summed E-state index contributed by atoms with van der Waals surface area (Å²) in [5, 5.41) is 3.06. The minimum Gasteiger partial charge on any atom is -0.341 e. The number of carbonyl (C=O) groups excluding carboxylic acids is 1. The molecule has 126 valence electrons. The Bertz CT molecular complexity index is 708. The lowest BCUT2D eigenvalue weighted by Gasteiger charge is -2.31. The van der Waals surface area contributed by atoms with Gasteiger partial charge in [0.05, 0.1) is 0 Å². The lowest BCUT2D eigenvalue weighted by atomic mass is 9.96. The second kappa shape index (κ2) is 7.43. The lowest BCUT2D eigenvalue weighted by molar-refractivity contribution is -0.120. The van der Waals surface area contributed by atoms with Crippen LogP contribution < -0.4 is 10.2 Å². The summed E-state index contributed by atoms with van der Waals surface area (Å²) < 4.78 is 0. The van der Waals surface area contributed by atoms with Gasteiger partial charge in [-0.15, -0.1) is 0 Å². The second-order valence-corrected chi connectivity index (χ2v) is 6.30. The molecular formula is C19H24N4O. The molecule has 1 N–H and O–H groups in total. The Morgan fingerprint density at radius 1 is 1.29 bits per heavy atom. The molecule has 0 spiro atoms. The number of carbonyl (C=O) groups is 1. The van der Waals surface area contributed by atoms with Crippen LogP contribution in [0, 0.1) is 12.8 Å². The molecule has 1 aromatic carbocycles. The van der Waals surface area contributed by atoms with Gasteiger partial charge in [-0.25, -0.2) is 9.97 Å². The summed E-state index contributed by atoms with van der Waals surface area (Å²) in [6, 6.07) is 9.97. The highest BCUT2D eigenvalue weighted by Gasteiger charge is 2.26. The zero-order valence-electron chi connectivity index (χ0n) is 14.3. The van der Waals surface area contributed by atoms with Gasteiger partial charge in [0.15, 0.2) is 0 Å². The molecule has 1 amide bonds. The molecule has 0 atom stereocenters. The second-order valence-electron chi connectivity index (χ2n) is 6.30. The van der Waals surface area contributed by atoms with Gasteiger partial charge in [-0.3, -0.25) is 4.79 Å². The van der Waals surface area contributed by atoms with Crippen molar-refractivity contribution < 1.29 is 4.79 Å². The predicted molar refractivity (Wildman–Crippen MR) is 96.2 cm³/mol. The van der Waals surface area contributed by atoms with Crippen LogP contribution >= 0.6 is 0 Å². The number of nitrogens with zero attached hydrogens (tertiary/aromatic N) is 3. The molecule has 0 radical (unpaired) electrons. The van der Waals surface area contributed by atoms with Gasteiger partial charge in [-0.1, -0.05) is 19.1 Å². The Hall–Kier alpha value is -2.43. The first kappa shape index (κ1) is 16.4. The number of piperidine rings is 1. The smallest absolute Gasteiger partial charge is 0.227 e. The van der Waals surface area contributed by atoms with Crippen molar-refractivity contribution in [2.24, 2.45) is 5.92 Å². The third-order valence-corrected chi connectivity index (χ3v) is 4.53. The van der Waals surface area contributed by atoms with E-state index in [1.165, 1.54) is 5.56 Å². The number of nitrogens with one attached hydrogen (secondary N) is 1. The van der Waals surface area contributed by atoms with Crippen molar-refractivity contribution in [3.8, 4) is 0 Å². The standard InChI is InChI=1S/C19H24N4O/c1-3-15-5-4-6-17(13-15)22-18(24)16-8-11-23(12-9-16)19-20-10-7-14(2)21-19/h4-7,10,13,16H,3,8-9,11-12H2,1-2H3,(H,22,24). The molecule has 2 aromatic rings. The fraction of sp³-hybridized carbons (Fsp3) is 0.421. The fourth-order valence-corrected chi connectivity index (χ4v) is 3.04. The van der Waals surface area contributed by atoms with E-state index in [0.29, 0.717) is 0 Å². The number of benzene rings is 1. The third-order valence-electron chi connectivity index (χ3n) is 4.53. The van der Waals surface area contributed by atoms with Gasteiger partial charge in [0.1, 0.15) is 0 Å². The average molecular weight is 324 g/mol. The van der Waals surface area contributed by atoms with Crippen LogP contribution in [0.5, 0.6) is 0 Å². The molecule has 0 saturated carbocycles. The molecule has 1 aliphatic heterocycles. The molecule has 1 aromatic heterocycles. The molecule has 1 aliphatic rings. The fourth-order valence-electron chi connectivity index (χ4n) is 3.04. The molecule has 0 aliphatic carbocycles. The summed E-state index contributed by atoms with van der Waals surface area (Å²) in [7, 11) is 0. The topological polar surface area (TPSA) is 58.1 Å². The van der Waals surface area contributed by atoms with Crippen LogP contribution in [-0.4, -0.2) is 29.0 Å². The Balaban J connectivity index is 1.57. The van der Waals surface area contributed by atoms with E-state index in [4.69, 9.17) is 0 Å². The highest BCUT2D eigenvalue weighted by atomic mass is 16.1. The third kappa shape index (κ3) is 3.91. The van der Waals surface area contributed by atoms with E-state index in [1.807, 2.05) is 31.2 Å². The van der Waals surface area contributed by atoms with Crippen molar-refractivity contribution in [1.29, 1.82) is 0 Å². The number of hydrogen-bond donors (Lipinski definition) is 1. The summed E-state index contributed by atoms with van der Waals surface area (Å²) in [5.74, 6) is 0.939. The van der Waals surface area contributed by atoms with E-state index < -0.39 is 0 Å². The predicted octanol–water partition coefficient (Wildman–Crippen LogP) is 3.20. The van der Waals surface area contributed by atoms with Crippen molar-refractivity contribution in [1.82, 2.24) is 9.97 Å². The number of aryl methyl sites for hydroxylation is 2. The van der Waals surface area contributed by atoms with Crippen LogP contribution in [0.3, 0.4) is 0 Å². The van der Waals surface area contributed by atoms with E-state index in [1.54, 1.807) is 6.20 Å². The van der Waals surface area contributed by atoms with Crippen molar-refractivity contribution in [3.05, 3.63) is 47.8 Å². The van der Waals surface area contributed by atoms with Crippen LogP contribution in [0.15, 0.2) is 36.5 Å². The van der Waals surface area contributed by atoms with Crippen molar-refractivity contribution in [2.75, 3.05) is 23.3 Å². The minimum absolute atomic E-state index is 0.0522. The summed E-state index contributed by atoms with van der Waals surface area (Å²) in [4.78, 5) is 23.5. The normalized spacial score (nSPS) is 15.3. The Morgan fingerprint density at radius 3 is 2.79 bits per heavy atom. The van der Waals surface area contributed by atoms with Gasteiger partial charge in [-0.05, 0) is 49.9 Å². The van der Waals surface area contributed by atoms with E-state index in [2.05, 4.69) is 33.2 Å². The molecule has 24 heavy (non-hydrogen) atoms. The molecule has 1 saturated heterocycles. The number of rotatable bonds is 4. The first-order valence-electron chi connectivity index (χ1n) is 8.60. The van der Waals surface area contributed by atoms with Crippen LogP contribution in [0.1, 0.15) is 31.0 Å². The Kier molecular flexibility index (Phi) is 5.08. The number of hydrogen-bond acceptors (Lipinski definition) is 4. The van der Waals surface area contributed by atoms with Gasteiger partial charge in [0.2, 0.25) is 11.9 Å². The van der Waals surface area contributed by atoms with E-state index in [9.17, 15) is 4.79 Å². The zero-order chi connectivity index (χ0) is 16.9. The van der Waals surface area contributed by atoms with Crippen LogP contribution in [-0.2, 0) is 11.2 Å². The Morgan fingerprint density at radius 2 is 2.08 bits per heavy atom. The molecule has 0 bridgehead atoms. The minimum atomic E-state index is 0.0522. The molecule has 0 unspecified atom stereocenters. The summed E-state index contributed by atoms with van der Waals surface area (Å²) in [6.07, 6.45) is 4.42. The summed E-state index contributed by atoms with van der Waals surface area (Å²) >= 11 is 0. The molecule has 5 heteroatoms. The molecule has 5 nitrogen and oxygen atoms in total. The molecule has 1 fully saturated rings. The van der Waals surface area contributed by atoms with Gasteiger partial charge in [0.25, 0.3) is 0 Å². The first-order valence-corrected chi connectivity index (χ1v) is 8.60. The average Bonchev–Trinajstić information content (AvgIpc) is 2.62. The number of aromatic nitrogens is 2. The maximum atomic E-state index is 12.5. The van der Waals surface area contributed by atoms with Crippen molar-refractivity contribution >= 4 is 17.5 Å². The SMILES string of the molecule is CCc1cccc(NC(=O)C2CCN(c3nccc(C)n3)CC2)c1. The molecular weight excluding hydrogens is 300 g/mol. The maximum absolute atomic E-state index is 12.5. The van der Waals surface area contributed by atoms with Gasteiger partial charge in [0, 0.05) is 36.6 Å². The molecule has 2 heterocycles. The van der Waals surface area contributed by atoms with E-state index in [0.717, 1.165) is 49.7 Å². The lowest BCUT2D eigenvalue weighted by Crippen LogP contribution is -2.39.